The molecule has 1 aromatic carbocycles. The second kappa shape index (κ2) is 5.57. The monoisotopic (exact) mass is 288 g/mol. The SMILES string of the molecule is COc1cc(CO)ccc1Oc1cc(=O)[nH]c(C2CC2)n1. The quantitative estimate of drug-likeness (QED) is 0.878. The van der Waals surface area contributed by atoms with Crippen molar-refractivity contribution in [2.24, 2.45) is 0 Å². The highest BCUT2D eigenvalue weighted by Gasteiger charge is 2.26. The van der Waals surface area contributed by atoms with Crippen molar-refractivity contribution in [1.82, 2.24) is 9.97 Å². The van der Waals surface area contributed by atoms with Crippen LogP contribution in [0.15, 0.2) is 29.1 Å². The molecule has 1 heterocycles. The lowest BCUT2D eigenvalue weighted by Gasteiger charge is -2.11. The number of rotatable bonds is 5. The molecule has 3 rings (SSSR count). The van der Waals surface area contributed by atoms with Crippen molar-refractivity contribution in [2.75, 3.05) is 7.11 Å². The van der Waals surface area contributed by atoms with E-state index in [4.69, 9.17) is 14.6 Å². The van der Waals surface area contributed by atoms with Crippen molar-refractivity contribution in [3.8, 4) is 17.4 Å². The van der Waals surface area contributed by atoms with Crippen LogP contribution in [0.4, 0.5) is 0 Å². The van der Waals surface area contributed by atoms with Crippen LogP contribution in [0.3, 0.4) is 0 Å². The predicted molar refractivity (Wildman–Crippen MR) is 75.8 cm³/mol. The van der Waals surface area contributed by atoms with E-state index in [1.807, 2.05) is 0 Å². The number of methoxy groups -OCH3 is 1. The first-order valence-corrected chi connectivity index (χ1v) is 6.76. The Morgan fingerprint density at radius 2 is 2.14 bits per heavy atom. The minimum Gasteiger partial charge on any atom is -0.493 e. The van der Waals surface area contributed by atoms with Crippen LogP contribution in [0.25, 0.3) is 0 Å². The summed E-state index contributed by atoms with van der Waals surface area (Å²) in [7, 11) is 1.52. The molecule has 1 aliphatic carbocycles. The van der Waals surface area contributed by atoms with Crippen molar-refractivity contribution in [3.63, 3.8) is 0 Å². The van der Waals surface area contributed by atoms with E-state index in [2.05, 4.69) is 9.97 Å². The summed E-state index contributed by atoms with van der Waals surface area (Å²) in [5.74, 6) is 2.19. The number of H-pyrrole nitrogens is 1. The van der Waals surface area contributed by atoms with E-state index in [1.54, 1.807) is 18.2 Å². The van der Waals surface area contributed by atoms with E-state index < -0.39 is 0 Å². The van der Waals surface area contributed by atoms with E-state index in [-0.39, 0.29) is 18.0 Å². The Kier molecular flexibility index (Phi) is 3.62. The number of benzene rings is 1. The predicted octanol–water partition coefficient (Wildman–Crippen LogP) is 1.94. The van der Waals surface area contributed by atoms with Gasteiger partial charge in [-0.15, -0.1) is 0 Å². The van der Waals surface area contributed by atoms with Crippen molar-refractivity contribution in [2.45, 2.75) is 25.4 Å². The number of aromatic nitrogens is 2. The highest BCUT2D eigenvalue weighted by atomic mass is 16.5. The molecule has 1 aliphatic rings. The molecule has 0 unspecified atom stereocenters. The van der Waals surface area contributed by atoms with E-state index in [0.29, 0.717) is 23.2 Å². The number of hydrogen-bond donors (Lipinski definition) is 2. The lowest BCUT2D eigenvalue weighted by Crippen LogP contribution is -2.10. The maximum absolute atomic E-state index is 11.6. The molecule has 1 saturated carbocycles. The maximum atomic E-state index is 11.6. The maximum Gasteiger partial charge on any atom is 0.254 e. The van der Waals surface area contributed by atoms with Crippen LogP contribution in [0.1, 0.15) is 30.1 Å². The minimum absolute atomic E-state index is 0.0777. The van der Waals surface area contributed by atoms with E-state index in [9.17, 15) is 4.79 Å². The summed E-state index contributed by atoms with van der Waals surface area (Å²) in [6.45, 7) is -0.0777. The summed E-state index contributed by atoms with van der Waals surface area (Å²) in [6, 6.07) is 6.41. The van der Waals surface area contributed by atoms with Crippen LogP contribution in [0.2, 0.25) is 0 Å². The number of hydrogen-bond acceptors (Lipinski definition) is 5. The Bertz CT molecular complexity index is 707. The van der Waals surface area contributed by atoms with Gasteiger partial charge in [-0.05, 0) is 30.5 Å². The Balaban J connectivity index is 1.91. The summed E-state index contributed by atoms with van der Waals surface area (Å²) >= 11 is 0. The average molecular weight is 288 g/mol. The molecule has 1 aromatic heterocycles. The van der Waals surface area contributed by atoms with Crippen LogP contribution in [0, 0.1) is 0 Å². The Morgan fingerprint density at radius 3 is 2.81 bits per heavy atom. The normalized spacial score (nSPS) is 14.0. The van der Waals surface area contributed by atoms with Crippen LogP contribution < -0.4 is 15.0 Å². The minimum atomic E-state index is -0.229. The molecular weight excluding hydrogens is 272 g/mol. The lowest BCUT2D eigenvalue weighted by molar-refractivity contribution is 0.280. The molecule has 0 saturated heterocycles. The van der Waals surface area contributed by atoms with Crippen LogP contribution in [0.5, 0.6) is 17.4 Å². The van der Waals surface area contributed by atoms with E-state index in [1.165, 1.54) is 13.2 Å². The van der Waals surface area contributed by atoms with Gasteiger partial charge in [-0.2, -0.15) is 4.98 Å². The number of nitrogens with zero attached hydrogens (tertiary/aromatic N) is 1. The molecule has 110 valence electrons. The fourth-order valence-corrected chi connectivity index (χ4v) is 2.06. The van der Waals surface area contributed by atoms with Gasteiger partial charge in [0.05, 0.1) is 19.8 Å². The van der Waals surface area contributed by atoms with Crippen molar-refractivity contribution in [3.05, 3.63) is 46.0 Å². The number of aromatic amines is 1. The topological polar surface area (TPSA) is 84.4 Å². The summed E-state index contributed by atoms with van der Waals surface area (Å²) in [5.41, 5.74) is 0.490. The molecule has 2 N–H and O–H groups in total. The molecule has 0 amide bonds. The third kappa shape index (κ3) is 3.05. The van der Waals surface area contributed by atoms with Crippen LogP contribution >= 0.6 is 0 Å². The number of ether oxygens (including phenoxy) is 2. The Morgan fingerprint density at radius 1 is 1.33 bits per heavy atom. The lowest BCUT2D eigenvalue weighted by atomic mass is 10.2. The highest BCUT2D eigenvalue weighted by Crippen LogP contribution is 2.38. The van der Waals surface area contributed by atoms with Gasteiger partial charge in [-0.3, -0.25) is 4.79 Å². The second-order valence-corrected chi connectivity index (χ2v) is 4.99. The zero-order chi connectivity index (χ0) is 14.8. The van der Waals surface area contributed by atoms with E-state index >= 15 is 0 Å². The molecule has 0 radical (unpaired) electrons. The van der Waals surface area contributed by atoms with Gasteiger partial charge in [0.25, 0.3) is 5.56 Å². The van der Waals surface area contributed by atoms with Gasteiger partial charge in [0, 0.05) is 5.92 Å². The number of aliphatic hydroxyl groups excluding tert-OH is 1. The summed E-state index contributed by atoms with van der Waals surface area (Å²) < 4.78 is 10.9. The van der Waals surface area contributed by atoms with Gasteiger partial charge in [0.2, 0.25) is 5.88 Å². The third-order valence-corrected chi connectivity index (χ3v) is 3.33. The van der Waals surface area contributed by atoms with Gasteiger partial charge < -0.3 is 19.6 Å². The number of aliphatic hydroxyl groups is 1. The van der Waals surface area contributed by atoms with Gasteiger partial charge in [0.1, 0.15) is 5.82 Å². The summed E-state index contributed by atoms with van der Waals surface area (Å²) in [6.07, 6.45) is 2.09. The average Bonchev–Trinajstić information content (AvgIpc) is 3.31. The van der Waals surface area contributed by atoms with Crippen LogP contribution in [-0.4, -0.2) is 22.2 Å². The van der Waals surface area contributed by atoms with Gasteiger partial charge in [-0.1, -0.05) is 6.07 Å². The molecule has 6 heteroatoms. The molecule has 0 bridgehead atoms. The zero-order valence-corrected chi connectivity index (χ0v) is 11.6. The smallest absolute Gasteiger partial charge is 0.254 e. The molecule has 6 nitrogen and oxygen atoms in total. The first-order valence-electron chi connectivity index (χ1n) is 6.76. The van der Waals surface area contributed by atoms with Gasteiger partial charge in [0.15, 0.2) is 11.5 Å². The van der Waals surface area contributed by atoms with E-state index in [0.717, 1.165) is 18.4 Å². The number of nitrogens with one attached hydrogen (secondary N) is 1. The van der Waals surface area contributed by atoms with Crippen LogP contribution in [-0.2, 0) is 6.61 Å². The van der Waals surface area contributed by atoms with Gasteiger partial charge >= 0.3 is 0 Å². The Hall–Kier alpha value is -2.34. The van der Waals surface area contributed by atoms with Crippen molar-refractivity contribution >= 4 is 0 Å². The fraction of sp³-hybridized carbons (Fsp3) is 0.333. The van der Waals surface area contributed by atoms with Crippen molar-refractivity contribution in [1.29, 1.82) is 0 Å². The second-order valence-electron chi connectivity index (χ2n) is 4.99. The third-order valence-electron chi connectivity index (χ3n) is 3.33. The molecule has 0 atom stereocenters. The standard InChI is InChI=1S/C15H16N2O4/c1-20-12-6-9(8-18)2-5-11(12)21-14-7-13(19)16-15(17-14)10-3-4-10/h2,5-7,10,18H,3-4,8H2,1H3,(H,16,17,19). The molecule has 2 aromatic rings. The summed E-state index contributed by atoms with van der Waals surface area (Å²) in [4.78, 5) is 18.7. The first kappa shape index (κ1) is 13.6. The Labute approximate surface area is 121 Å². The molecule has 21 heavy (non-hydrogen) atoms. The molecule has 1 fully saturated rings. The molecular formula is C15H16N2O4. The molecule has 0 aliphatic heterocycles. The van der Waals surface area contributed by atoms with Crippen molar-refractivity contribution < 1.29 is 14.6 Å². The summed E-state index contributed by atoms with van der Waals surface area (Å²) in [5, 5.41) is 9.12. The fourth-order valence-electron chi connectivity index (χ4n) is 2.06. The largest absolute Gasteiger partial charge is 0.493 e. The molecule has 0 spiro atoms. The highest BCUT2D eigenvalue weighted by molar-refractivity contribution is 5.44. The first-order chi connectivity index (χ1) is 10.2. The van der Waals surface area contributed by atoms with Gasteiger partial charge in [-0.25, -0.2) is 0 Å². The zero-order valence-electron chi connectivity index (χ0n) is 11.6.